The van der Waals surface area contributed by atoms with Crippen LogP contribution in [0.1, 0.15) is 22.8 Å². The van der Waals surface area contributed by atoms with Crippen LogP contribution in [0.2, 0.25) is 0 Å². The molecule has 0 fully saturated rings. The van der Waals surface area contributed by atoms with E-state index in [0.29, 0.717) is 39.6 Å². The number of nitrogen functional groups attached to an aromatic ring is 1. The van der Waals surface area contributed by atoms with Gasteiger partial charge in [-0.1, -0.05) is 0 Å². The number of anilines is 1. The molecule has 2 aromatic carbocycles. The largest absolute Gasteiger partial charge is 0.497 e. The Morgan fingerprint density at radius 2 is 1.84 bits per heavy atom. The van der Waals surface area contributed by atoms with Crippen LogP contribution in [0.5, 0.6) is 17.2 Å². The molecular weight excluding hydrogens is 386 g/mol. The Labute approximate surface area is 155 Å². The van der Waals surface area contributed by atoms with Gasteiger partial charge in [0.1, 0.15) is 17.2 Å². The smallest absolute Gasteiger partial charge is 0.200 e. The van der Waals surface area contributed by atoms with Gasteiger partial charge in [-0.05, 0) is 65.3 Å². The van der Waals surface area contributed by atoms with Gasteiger partial charge < -0.3 is 19.9 Å². The van der Waals surface area contributed by atoms with Crippen molar-refractivity contribution in [3.8, 4) is 17.2 Å². The monoisotopic (exact) mass is 405 g/mol. The Kier molecular flexibility index (Phi) is 6.47. The molecule has 0 bridgehead atoms. The molecule has 0 aliphatic carbocycles. The average Bonchev–Trinajstić information content (AvgIpc) is 2.62. The summed E-state index contributed by atoms with van der Waals surface area (Å²) in [6, 6.07) is 10.3. The van der Waals surface area contributed by atoms with Crippen molar-refractivity contribution in [2.24, 2.45) is 0 Å². The predicted octanol–water partition coefficient (Wildman–Crippen LogP) is 4.30. The summed E-state index contributed by atoms with van der Waals surface area (Å²) in [5.74, 6) is 1.68. The normalized spacial score (nSPS) is 11.1. The minimum absolute atomic E-state index is 0.195. The highest BCUT2D eigenvalue weighted by Crippen LogP contribution is 2.29. The summed E-state index contributed by atoms with van der Waals surface area (Å²) in [6.07, 6.45) is 1.69. The summed E-state index contributed by atoms with van der Waals surface area (Å²) in [4.78, 5) is 12.6. The van der Waals surface area contributed by atoms with E-state index in [1.54, 1.807) is 56.7 Å². The molecule has 2 N–H and O–H groups in total. The second-order valence-electron chi connectivity index (χ2n) is 5.11. The van der Waals surface area contributed by atoms with Crippen LogP contribution in [0.4, 0.5) is 5.69 Å². The maximum atomic E-state index is 12.6. The molecular formula is C19H20BrNO4. The molecule has 0 aliphatic rings. The Morgan fingerprint density at radius 1 is 1.12 bits per heavy atom. The number of hydrogen-bond acceptors (Lipinski definition) is 5. The summed E-state index contributed by atoms with van der Waals surface area (Å²) >= 11 is 3.34. The molecule has 0 atom stereocenters. The van der Waals surface area contributed by atoms with Crippen molar-refractivity contribution >= 4 is 33.5 Å². The number of allylic oxidation sites excluding steroid dienone is 1. The summed E-state index contributed by atoms with van der Waals surface area (Å²) in [6.45, 7) is 2.38. The van der Waals surface area contributed by atoms with Crippen LogP contribution in [0.25, 0.3) is 6.08 Å². The van der Waals surface area contributed by atoms with Crippen molar-refractivity contribution in [3.05, 3.63) is 52.0 Å². The molecule has 5 nitrogen and oxygen atoms in total. The molecule has 0 radical (unpaired) electrons. The zero-order chi connectivity index (χ0) is 18.4. The molecule has 0 aliphatic heterocycles. The van der Waals surface area contributed by atoms with Crippen molar-refractivity contribution in [2.75, 3.05) is 26.6 Å². The van der Waals surface area contributed by atoms with Crippen molar-refractivity contribution in [1.82, 2.24) is 0 Å². The van der Waals surface area contributed by atoms with Gasteiger partial charge >= 0.3 is 0 Å². The van der Waals surface area contributed by atoms with Crippen LogP contribution in [-0.2, 0) is 0 Å². The van der Waals surface area contributed by atoms with Gasteiger partial charge in [-0.2, -0.15) is 0 Å². The fourth-order valence-electron chi connectivity index (χ4n) is 2.27. The Bertz CT molecular complexity index is 802. The molecule has 6 heteroatoms. The summed E-state index contributed by atoms with van der Waals surface area (Å²) in [7, 11) is 3.15. The molecule has 0 amide bonds. The average molecular weight is 406 g/mol. The quantitative estimate of drug-likeness (QED) is 0.422. The van der Waals surface area contributed by atoms with Crippen molar-refractivity contribution in [2.45, 2.75) is 6.92 Å². The van der Waals surface area contributed by atoms with Gasteiger partial charge in [-0.3, -0.25) is 4.79 Å². The van der Waals surface area contributed by atoms with Crippen LogP contribution in [0.15, 0.2) is 40.9 Å². The Morgan fingerprint density at radius 3 is 2.44 bits per heavy atom. The number of Topliss-reactive ketones (excluding diaryl/α,β-unsaturated/α-hetero) is 1. The zero-order valence-electron chi connectivity index (χ0n) is 14.3. The molecule has 0 heterocycles. The van der Waals surface area contributed by atoms with E-state index in [1.807, 2.05) is 6.92 Å². The number of benzene rings is 2. The number of hydrogen-bond donors (Lipinski definition) is 1. The highest BCUT2D eigenvalue weighted by atomic mass is 79.9. The number of halogens is 1. The summed E-state index contributed by atoms with van der Waals surface area (Å²) < 4.78 is 16.3. The number of carbonyl (C=O) groups excluding carboxylic acids is 1. The highest BCUT2D eigenvalue weighted by Gasteiger charge is 2.13. The van der Waals surface area contributed by atoms with Crippen molar-refractivity contribution < 1.29 is 19.0 Å². The van der Waals surface area contributed by atoms with E-state index in [1.165, 1.54) is 0 Å². The van der Waals surface area contributed by atoms with Crippen molar-refractivity contribution in [3.63, 3.8) is 0 Å². The Hall–Kier alpha value is -2.47. The first-order chi connectivity index (χ1) is 12.0. The van der Waals surface area contributed by atoms with Gasteiger partial charge in [0, 0.05) is 11.1 Å². The van der Waals surface area contributed by atoms with Crippen LogP contribution < -0.4 is 19.9 Å². The van der Waals surface area contributed by atoms with E-state index >= 15 is 0 Å². The molecule has 0 spiro atoms. The topological polar surface area (TPSA) is 70.8 Å². The molecule has 0 saturated carbocycles. The lowest BCUT2D eigenvalue weighted by Crippen LogP contribution is -2.02. The van der Waals surface area contributed by atoms with E-state index in [-0.39, 0.29) is 5.78 Å². The van der Waals surface area contributed by atoms with Gasteiger partial charge in [-0.25, -0.2) is 0 Å². The number of carbonyl (C=O) groups is 1. The first kappa shape index (κ1) is 18.9. The zero-order valence-corrected chi connectivity index (χ0v) is 15.9. The van der Waals surface area contributed by atoms with Gasteiger partial charge in [0.05, 0.1) is 31.0 Å². The molecule has 0 saturated heterocycles. The summed E-state index contributed by atoms with van der Waals surface area (Å²) in [5, 5.41) is 0. The second-order valence-corrected chi connectivity index (χ2v) is 5.97. The minimum Gasteiger partial charge on any atom is -0.497 e. The number of ketones is 1. The van der Waals surface area contributed by atoms with Crippen LogP contribution in [0.3, 0.4) is 0 Å². The van der Waals surface area contributed by atoms with E-state index in [2.05, 4.69) is 15.9 Å². The highest BCUT2D eigenvalue weighted by molar-refractivity contribution is 9.12. The number of nitrogens with two attached hydrogens (primary N) is 1. The van der Waals surface area contributed by atoms with E-state index in [0.717, 1.165) is 5.56 Å². The first-order valence-electron chi connectivity index (χ1n) is 7.66. The number of methoxy groups -OCH3 is 2. The van der Waals surface area contributed by atoms with Crippen LogP contribution >= 0.6 is 15.9 Å². The first-order valence-corrected chi connectivity index (χ1v) is 8.45. The van der Waals surface area contributed by atoms with Gasteiger partial charge in [0.2, 0.25) is 0 Å². The van der Waals surface area contributed by atoms with Gasteiger partial charge in [-0.15, -0.1) is 0 Å². The predicted molar refractivity (Wildman–Crippen MR) is 103 cm³/mol. The fourth-order valence-corrected chi connectivity index (χ4v) is 2.74. The van der Waals surface area contributed by atoms with Gasteiger partial charge in [0.25, 0.3) is 0 Å². The van der Waals surface area contributed by atoms with Crippen LogP contribution in [-0.4, -0.2) is 26.6 Å². The Balaban J connectivity index is 2.33. The van der Waals surface area contributed by atoms with Crippen molar-refractivity contribution in [1.29, 1.82) is 0 Å². The summed E-state index contributed by atoms with van der Waals surface area (Å²) in [5.41, 5.74) is 7.54. The third-order valence-electron chi connectivity index (χ3n) is 3.51. The minimum atomic E-state index is -0.195. The third-order valence-corrected chi connectivity index (χ3v) is 4.10. The molecule has 2 rings (SSSR count). The number of ether oxygens (including phenoxy) is 3. The third kappa shape index (κ3) is 4.54. The van der Waals surface area contributed by atoms with E-state index < -0.39 is 0 Å². The fraction of sp³-hybridized carbons (Fsp3) is 0.211. The lowest BCUT2D eigenvalue weighted by molar-refractivity contribution is 0.104. The van der Waals surface area contributed by atoms with E-state index in [4.69, 9.17) is 19.9 Å². The maximum Gasteiger partial charge on any atom is 0.200 e. The van der Waals surface area contributed by atoms with Gasteiger partial charge in [0.15, 0.2) is 5.78 Å². The maximum absolute atomic E-state index is 12.6. The standard InChI is InChI=1S/C19H20BrNO4/c1-4-25-18-7-5-12(11-16(18)21)19(22)15(20)10-13-9-14(23-2)6-8-17(13)24-3/h5-11H,4,21H2,1-3H3/b15-10+. The molecule has 0 aromatic heterocycles. The van der Waals surface area contributed by atoms with E-state index in [9.17, 15) is 4.79 Å². The lowest BCUT2D eigenvalue weighted by atomic mass is 10.1. The molecule has 132 valence electrons. The molecule has 2 aromatic rings. The SMILES string of the molecule is CCOc1ccc(C(=O)/C(Br)=C\c2cc(OC)ccc2OC)cc1N. The molecule has 25 heavy (non-hydrogen) atoms. The molecule has 0 unspecified atom stereocenters. The second kappa shape index (κ2) is 8.58. The lowest BCUT2D eigenvalue weighted by Gasteiger charge is -2.09. The number of rotatable bonds is 7. The van der Waals surface area contributed by atoms with Crippen LogP contribution in [0, 0.1) is 0 Å².